The molecular formula is C15H23NO2. The number of carboxylic acid groups (broad SMARTS) is 1. The molecule has 0 aliphatic heterocycles. The minimum atomic E-state index is -0.704. The molecule has 1 N–H and O–H groups in total. The fourth-order valence-corrected chi connectivity index (χ4v) is 1.93. The Balaban J connectivity index is 2.38. The molecule has 0 heterocycles. The van der Waals surface area contributed by atoms with Crippen molar-refractivity contribution in [3.63, 3.8) is 0 Å². The molecular weight excluding hydrogens is 226 g/mol. The summed E-state index contributed by atoms with van der Waals surface area (Å²) in [6, 6.07) is 8.95. The summed E-state index contributed by atoms with van der Waals surface area (Å²) in [5, 5.41) is 8.58. The number of unbranched alkanes of at least 4 members (excludes halogenated alkanes) is 1. The summed E-state index contributed by atoms with van der Waals surface area (Å²) in [6.07, 6.45) is 1.95. The van der Waals surface area contributed by atoms with Crippen LogP contribution in [0.4, 0.5) is 0 Å². The molecule has 0 aliphatic carbocycles. The van der Waals surface area contributed by atoms with Crippen LogP contribution in [0.2, 0.25) is 0 Å². The van der Waals surface area contributed by atoms with Crippen molar-refractivity contribution >= 4 is 5.97 Å². The van der Waals surface area contributed by atoms with Crippen LogP contribution in [0.5, 0.6) is 0 Å². The van der Waals surface area contributed by atoms with Crippen molar-refractivity contribution in [1.29, 1.82) is 0 Å². The molecule has 1 atom stereocenters. The molecule has 0 amide bonds. The van der Waals surface area contributed by atoms with Crippen LogP contribution in [0, 0.1) is 6.92 Å². The molecule has 0 saturated carbocycles. The van der Waals surface area contributed by atoms with Crippen LogP contribution in [0.1, 0.15) is 43.4 Å². The van der Waals surface area contributed by atoms with Crippen molar-refractivity contribution in [2.75, 3.05) is 13.6 Å². The Hall–Kier alpha value is -1.35. The third kappa shape index (κ3) is 4.88. The van der Waals surface area contributed by atoms with Crippen molar-refractivity contribution in [2.24, 2.45) is 0 Å². The highest BCUT2D eigenvalue weighted by atomic mass is 16.4. The Labute approximate surface area is 109 Å². The van der Waals surface area contributed by atoms with Crippen LogP contribution < -0.4 is 0 Å². The van der Waals surface area contributed by atoms with E-state index >= 15 is 0 Å². The largest absolute Gasteiger partial charge is 0.481 e. The van der Waals surface area contributed by atoms with Gasteiger partial charge in [-0.05, 0) is 45.8 Å². The van der Waals surface area contributed by atoms with Gasteiger partial charge in [0.25, 0.3) is 0 Å². The van der Waals surface area contributed by atoms with E-state index < -0.39 is 5.97 Å². The lowest BCUT2D eigenvalue weighted by molar-refractivity contribution is -0.137. The molecule has 0 spiro atoms. The van der Waals surface area contributed by atoms with Crippen LogP contribution >= 0.6 is 0 Å². The first-order valence-electron chi connectivity index (χ1n) is 6.49. The van der Waals surface area contributed by atoms with Gasteiger partial charge in [0.1, 0.15) is 0 Å². The van der Waals surface area contributed by atoms with E-state index in [2.05, 4.69) is 50.1 Å². The van der Waals surface area contributed by atoms with Crippen LogP contribution in [0.15, 0.2) is 24.3 Å². The van der Waals surface area contributed by atoms with E-state index in [-0.39, 0.29) is 6.42 Å². The molecule has 3 heteroatoms. The molecule has 1 aromatic rings. The molecule has 1 aromatic carbocycles. The van der Waals surface area contributed by atoms with Gasteiger partial charge in [-0.25, -0.2) is 0 Å². The second-order valence-corrected chi connectivity index (χ2v) is 4.92. The zero-order valence-corrected chi connectivity index (χ0v) is 11.5. The highest BCUT2D eigenvalue weighted by Crippen LogP contribution is 2.19. The van der Waals surface area contributed by atoms with Crippen molar-refractivity contribution in [3.8, 4) is 0 Å². The van der Waals surface area contributed by atoms with Gasteiger partial charge in [-0.2, -0.15) is 0 Å². The highest BCUT2D eigenvalue weighted by molar-refractivity contribution is 5.66. The van der Waals surface area contributed by atoms with Gasteiger partial charge in [-0.3, -0.25) is 9.69 Å². The zero-order valence-electron chi connectivity index (χ0n) is 11.5. The Bertz CT molecular complexity index is 373. The van der Waals surface area contributed by atoms with E-state index in [0.717, 1.165) is 19.4 Å². The summed E-state index contributed by atoms with van der Waals surface area (Å²) < 4.78 is 0. The monoisotopic (exact) mass is 249 g/mol. The van der Waals surface area contributed by atoms with Crippen LogP contribution in [-0.2, 0) is 4.79 Å². The molecule has 18 heavy (non-hydrogen) atoms. The van der Waals surface area contributed by atoms with Gasteiger partial charge < -0.3 is 5.11 Å². The topological polar surface area (TPSA) is 40.5 Å². The molecule has 3 nitrogen and oxygen atoms in total. The number of carboxylic acids is 1. The van der Waals surface area contributed by atoms with Crippen molar-refractivity contribution in [1.82, 2.24) is 4.90 Å². The summed E-state index contributed by atoms with van der Waals surface area (Å²) in [7, 11) is 2.09. The third-order valence-corrected chi connectivity index (χ3v) is 3.37. The second-order valence-electron chi connectivity index (χ2n) is 4.92. The predicted molar refractivity (Wildman–Crippen MR) is 73.7 cm³/mol. The maximum absolute atomic E-state index is 10.4. The Morgan fingerprint density at radius 1 is 1.28 bits per heavy atom. The van der Waals surface area contributed by atoms with Crippen molar-refractivity contribution < 1.29 is 9.90 Å². The molecule has 0 fully saturated rings. The number of aryl methyl sites for hydroxylation is 1. The molecule has 100 valence electrons. The van der Waals surface area contributed by atoms with E-state index in [1.807, 2.05) is 0 Å². The fraction of sp³-hybridized carbons (Fsp3) is 0.533. The van der Waals surface area contributed by atoms with Crippen LogP contribution in [0.25, 0.3) is 0 Å². The van der Waals surface area contributed by atoms with Gasteiger partial charge in [0.2, 0.25) is 0 Å². The first-order chi connectivity index (χ1) is 8.50. The van der Waals surface area contributed by atoms with Crippen LogP contribution in [0.3, 0.4) is 0 Å². The summed E-state index contributed by atoms with van der Waals surface area (Å²) in [4.78, 5) is 12.7. The van der Waals surface area contributed by atoms with E-state index in [9.17, 15) is 4.79 Å². The number of hydrogen-bond acceptors (Lipinski definition) is 2. The number of carbonyl (C=O) groups is 1. The smallest absolute Gasteiger partial charge is 0.303 e. The molecule has 0 aliphatic rings. The molecule has 0 aromatic heterocycles. The summed E-state index contributed by atoms with van der Waals surface area (Å²) in [5.41, 5.74) is 2.58. The first kappa shape index (κ1) is 14.7. The zero-order chi connectivity index (χ0) is 13.5. The predicted octanol–water partition coefficient (Wildman–Crippen LogP) is 3.24. The summed E-state index contributed by atoms with van der Waals surface area (Å²) >= 11 is 0. The number of rotatable bonds is 7. The maximum atomic E-state index is 10.4. The lowest BCUT2D eigenvalue weighted by Crippen LogP contribution is -2.23. The average Bonchev–Trinajstić information content (AvgIpc) is 2.34. The fourth-order valence-electron chi connectivity index (χ4n) is 1.93. The Kier molecular flexibility index (Phi) is 5.86. The minimum absolute atomic E-state index is 0.271. The van der Waals surface area contributed by atoms with Gasteiger partial charge in [0, 0.05) is 12.5 Å². The van der Waals surface area contributed by atoms with Crippen molar-refractivity contribution in [2.45, 2.75) is 39.2 Å². The van der Waals surface area contributed by atoms with Gasteiger partial charge in [-0.1, -0.05) is 29.8 Å². The van der Waals surface area contributed by atoms with E-state index in [1.165, 1.54) is 11.1 Å². The van der Waals surface area contributed by atoms with E-state index in [1.54, 1.807) is 0 Å². The average molecular weight is 249 g/mol. The lowest BCUT2D eigenvalue weighted by Gasteiger charge is -2.25. The summed E-state index contributed by atoms with van der Waals surface area (Å²) in [5.74, 6) is -0.704. The minimum Gasteiger partial charge on any atom is -0.481 e. The van der Waals surface area contributed by atoms with Gasteiger partial charge >= 0.3 is 5.97 Å². The van der Waals surface area contributed by atoms with Gasteiger partial charge in [0.05, 0.1) is 0 Å². The number of nitrogens with zero attached hydrogens (tertiary/aromatic N) is 1. The van der Waals surface area contributed by atoms with E-state index in [0.29, 0.717) is 6.04 Å². The second kappa shape index (κ2) is 7.17. The van der Waals surface area contributed by atoms with Crippen LogP contribution in [-0.4, -0.2) is 29.6 Å². The lowest BCUT2D eigenvalue weighted by atomic mass is 10.1. The third-order valence-electron chi connectivity index (χ3n) is 3.37. The maximum Gasteiger partial charge on any atom is 0.303 e. The normalized spacial score (nSPS) is 12.7. The number of hydrogen-bond donors (Lipinski definition) is 1. The molecule has 1 rings (SSSR count). The SMILES string of the molecule is Cc1ccc(C(C)N(C)CCCCC(=O)O)cc1. The molecule has 0 radical (unpaired) electrons. The van der Waals surface area contributed by atoms with Crippen molar-refractivity contribution in [3.05, 3.63) is 35.4 Å². The first-order valence-corrected chi connectivity index (χ1v) is 6.49. The molecule has 0 saturated heterocycles. The highest BCUT2D eigenvalue weighted by Gasteiger charge is 2.10. The molecule has 1 unspecified atom stereocenters. The number of aliphatic carboxylic acids is 1. The molecule has 0 bridgehead atoms. The van der Waals surface area contributed by atoms with Gasteiger partial charge in [-0.15, -0.1) is 0 Å². The van der Waals surface area contributed by atoms with Gasteiger partial charge in [0.15, 0.2) is 0 Å². The Morgan fingerprint density at radius 2 is 1.89 bits per heavy atom. The standard InChI is InChI=1S/C15H23NO2/c1-12-7-9-14(10-8-12)13(2)16(3)11-5-4-6-15(17)18/h7-10,13H,4-6,11H2,1-3H3,(H,17,18). The number of benzene rings is 1. The quantitative estimate of drug-likeness (QED) is 0.754. The van der Waals surface area contributed by atoms with E-state index in [4.69, 9.17) is 5.11 Å². The summed E-state index contributed by atoms with van der Waals surface area (Å²) in [6.45, 7) is 5.20. The Morgan fingerprint density at radius 3 is 2.44 bits per heavy atom.